The molecule has 1 aliphatic heterocycles. The molecule has 1 N–H and O–H groups in total. The molecule has 3 rings (SSSR count). The maximum absolute atomic E-state index is 5.20. The van der Waals surface area contributed by atoms with E-state index in [1.807, 2.05) is 13.1 Å². The van der Waals surface area contributed by atoms with Gasteiger partial charge in [-0.1, -0.05) is 29.4 Å². The van der Waals surface area contributed by atoms with Gasteiger partial charge >= 0.3 is 0 Å². The summed E-state index contributed by atoms with van der Waals surface area (Å²) < 4.78 is 10.1. The van der Waals surface area contributed by atoms with Crippen LogP contribution in [0.1, 0.15) is 16.8 Å². The van der Waals surface area contributed by atoms with Gasteiger partial charge in [0, 0.05) is 59.5 Å². The van der Waals surface area contributed by atoms with Gasteiger partial charge in [0.1, 0.15) is 6.26 Å². The van der Waals surface area contributed by atoms with Crippen molar-refractivity contribution in [2.24, 2.45) is 4.99 Å². The molecule has 140 valence electrons. The summed E-state index contributed by atoms with van der Waals surface area (Å²) in [6.45, 7) is 6.08. The molecule has 0 unspecified atom stereocenters. The van der Waals surface area contributed by atoms with Crippen LogP contribution in [-0.4, -0.2) is 61.3 Å². The van der Waals surface area contributed by atoms with Crippen molar-refractivity contribution < 1.29 is 9.26 Å². The predicted molar refractivity (Wildman–Crippen MR) is 101 cm³/mol. The van der Waals surface area contributed by atoms with Crippen molar-refractivity contribution in [3.05, 3.63) is 53.4 Å². The van der Waals surface area contributed by atoms with Gasteiger partial charge in [-0.25, -0.2) is 0 Å². The molecule has 26 heavy (non-hydrogen) atoms. The summed E-state index contributed by atoms with van der Waals surface area (Å²) in [5, 5.41) is 7.46. The van der Waals surface area contributed by atoms with Gasteiger partial charge in [-0.2, -0.15) is 0 Å². The Kier molecular flexibility index (Phi) is 6.62. The van der Waals surface area contributed by atoms with E-state index >= 15 is 0 Å². The molecule has 0 amide bonds. The number of nitrogens with one attached hydrogen (secondary N) is 1. The fraction of sp³-hybridized carbons (Fsp3) is 0.474. The molecule has 1 saturated heterocycles. The highest BCUT2D eigenvalue weighted by Crippen LogP contribution is 2.09. The molecule has 0 saturated carbocycles. The van der Waals surface area contributed by atoms with Crippen molar-refractivity contribution in [2.45, 2.75) is 19.7 Å². The second kappa shape index (κ2) is 9.35. The normalized spacial score (nSPS) is 16.1. The van der Waals surface area contributed by atoms with Crippen LogP contribution in [0, 0.1) is 0 Å². The van der Waals surface area contributed by atoms with Gasteiger partial charge in [-0.3, -0.25) is 9.89 Å². The number of aliphatic imine (C=N–C) groups is 1. The SMILES string of the molecule is CN=C(NCc1cccc(COC)c1)N1CCN(Cc2ccon2)CC1. The van der Waals surface area contributed by atoms with Crippen LogP contribution in [0.25, 0.3) is 0 Å². The third-order valence-electron chi connectivity index (χ3n) is 4.51. The lowest BCUT2D eigenvalue weighted by Gasteiger charge is -2.36. The molecule has 2 aromatic rings. The predicted octanol–water partition coefficient (Wildman–Crippen LogP) is 1.71. The number of rotatable bonds is 6. The van der Waals surface area contributed by atoms with Gasteiger partial charge < -0.3 is 19.5 Å². The van der Waals surface area contributed by atoms with Crippen LogP contribution >= 0.6 is 0 Å². The van der Waals surface area contributed by atoms with Gasteiger partial charge in [0.15, 0.2) is 5.96 Å². The van der Waals surface area contributed by atoms with E-state index in [0.29, 0.717) is 6.61 Å². The highest BCUT2D eigenvalue weighted by molar-refractivity contribution is 5.80. The Balaban J connectivity index is 1.48. The first kappa shape index (κ1) is 18.4. The molecule has 1 fully saturated rings. The smallest absolute Gasteiger partial charge is 0.194 e. The number of hydrogen-bond donors (Lipinski definition) is 1. The van der Waals surface area contributed by atoms with Crippen LogP contribution in [0.3, 0.4) is 0 Å². The van der Waals surface area contributed by atoms with E-state index in [4.69, 9.17) is 9.26 Å². The van der Waals surface area contributed by atoms with Gasteiger partial charge in [-0.05, 0) is 11.1 Å². The quantitative estimate of drug-likeness (QED) is 0.627. The molecule has 1 aromatic carbocycles. The van der Waals surface area contributed by atoms with E-state index in [9.17, 15) is 0 Å². The Morgan fingerprint density at radius 2 is 2.04 bits per heavy atom. The van der Waals surface area contributed by atoms with E-state index < -0.39 is 0 Å². The Bertz CT molecular complexity index is 694. The van der Waals surface area contributed by atoms with Crippen LogP contribution < -0.4 is 5.32 Å². The number of ether oxygens (including phenoxy) is 1. The Morgan fingerprint density at radius 1 is 1.23 bits per heavy atom. The zero-order valence-corrected chi connectivity index (χ0v) is 15.5. The lowest BCUT2D eigenvalue weighted by atomic mass is 10.1. The van der Waals surface area contributed by atoms with Crippen LogP contribution in [0.5, 0.6) is 0 Å². The average molecular weight is 357 g/mol. The molecular weight excluding hydrogens is 330 g/mol. The fourth-order valence-electron chi connectivity index (χ4n) is 3.18. The molecule has 0 bridgehead atoms. The zero-order chi connectivity index (χ0) is 18.2. The molecular formula is C19H27N5O2. The van der Waals surface area contributed by atoms with Crippen molar-refractivity contribution in [1.82, 2.24) is 20.3 Å². The lowest BCUT2D eigenvalue weighted by molar-refractivity contribution is 0.169. The zero-order valence-electron chi connectivity index (χ0n) is 15.5. The first-order chi connectivity index (χ1) is 12.8. The van der Waals surface area contributed by atoms with E-state index in [1.54, 1.807) is 13.4 Å². The minimum Gasteiger partial charge on any atom is -0.380 e. The molecule has 7 heteroatoms. The number of piperazine rings is 1. The van der Waals surface area contributed by atoms with Gasteiger partial charge in [0.2, 0.25) is 0 Å². The Morgan fingerprint density at radius 3 is 2.73 bits per heavy atom. The number of methoxy groups -OCH3 is 1. The second-order valence-electron chi connectivity index (χ2n) is 6.41. The monoisotopic (exact) mass is 357 g/mol. The van der Waals surface area contributed by atoms with Crippen LogP contribution in [0.2, 0.25) is 0 Å². The number of hydrogen-bond acceptors (Lipinski definition) is 5. The lowest BCUT2D eigenvalue weighted by Crippen LogP contribution is -2.52. The molecule has 0 atom stereocenters. The summed E-state index contributed by atoms with van der Waals surface area (Å²) >= 11 is 0. The fourth-order valence-corrected chi connectivity index (χ4v) is 3.18. The van der Waals surface area contributed by atoms with Crippen LogP contribution in [0.15, 0.2) is 46.1 Å². The first-order valence-corrected chi connectivity index (χ1v) is 8.92. The number of nitrogens with zero attached hydrogens (tertiary/aromatic N) is 4. The minimum absolute atomic E-state index is 0.635. The van der Waals surface area contributed by atoms with E-state index in [2.05, 4.69) is 49.5 Å². The van der Waals surface area contributed by atoms with Gasteiger partial charge in [0.05, 0.1) is 12.3 Å². The Hall–Kier alpha value is -2.38. The largest absolute Gasteiger partial charge is 0.380 e. The number of aromatic nitrogens is 1. The molecule has 0 aliphatic carbocycles. The summed E-state index contributed by atoms with van der Waals surface area (Å²) in [4.78, 5) is 9.14. The highest BCUT2D eigenvalue weighted by atomic mass is 16.5. The van der Waals surface area contributed by atoms with Gasteiger partial charge in [-0.15, -0.1) is 0 Å². The second-order valence-corrected chi connectivity index (χ2v) is 6.41. The first-order valence-electron chi connectivity index (χ1n) is 8.92. The maximum atomic E-state index is 5.20. The number of benzene rings is 1. The van der Waals surface area contributed by atoms with E-state index in [-0.39, 0.29) is 0 Å². The summed E-state index contributed by atoms with van der Waals surface area (Å²) in [6, 6.07) is 10.4. The molecule has 7 nitrogen and oxygen atoms in total. The minimum atomic E-state index is 0.635. The molecule has 1 aliphatic rings. The summed E-state index contributed by atoms with van der Waals surface area (Å²) in [5.74, 6) is 0.947. The molecule has 0 radical (unpaired) electrons. The van der Waals surface area contributed by atoms with Crippen LogP contribution in [-0.2, 0) is 24.4 Å². The van der Waals surface area contributed by atoms with Crippen molar-refractivity contribution in [3.63, 3.8) is 0 Å². The topological polar surface area (TPSA) is 66.1 Å². The summed E-state index contributed by atoms with van der Waals surface area (Å²) in [7, 11) is 3.56. The highest BCUT2D eigenvalue weighted by Gasteiger charge is 2.20. The standard InChI is InChI=1S/C19H27N5O2/c1-20-19(21-13-16-4-3-5-17(12-16)15-25-2)24-9-7-23(8-10-24)14-18-6-11-26-22-18/h3-6,11-12H,7-10,13-15H2,1-2H3,(H,20,21). The summed E-state index contributed by atoms with van der Waals surface area (Å²) in [5.41, 5.74) is 3.39. The maximum Gasteiger partial charge on any atom is 0.194 e. The number of guanidine groups is 1. The van der Waals surface area contributed by atoms with Crippen molar-refractivity contribution >= 4 is 5.96 Å². The third-order valence-corrected chi connectivity index (χ3v) is 4.51. The van der Waals surface area contributed by atoms with E-state index in [1.165, 1.54) is 11.1 Å². The average Bonchev–Trinajstić information content (AvgIpc) is 3.17. The molecule has 2 heterocycles. The van der Waals surface area contributed by atoms with Crippen molar-refractivity contribution in [2.75, 3.05) is 40.3 Å². The Labute approximate surface area is 154 Å². The van der Waals surface area contributed by atoms with E-state index in [0.717, 1.165) is 50.9 Å². The van der Waals surface area contributed by atoms with Crippen molar-refractivity contribution in [3.8, 4) is 0 Å². The van der Waals surface area contributed by atoms with Gasteiger partial charge in [0.25, 0.3) is 0 Å². The molecule has 0 spiro atoms. The third kappa shape index (κ3) is 5.06. The van der Waals surface area contributed by atoms with Crippen molar-refractivity contribution in [1.29, 1.82) is 0 Å². The summed E-state index contributed by atoms with van der Waals surface area (Å²) in [6.07, 6.45) is 1.62. The van der Waals surface area contributed by atoms with Crippen LogP contribution in [0.4, 0.5) is 0 Å². The molecule has 1 aromatic heterocycles.